The highest BCUT2D eigenvalue weighted by atomic mass is 79.9. The Bertz CT molecular complexity index is 670. The Hall–Kier alpha value is -1.85. The molecule has 2 aromatic rings. The number of amides is 1. The molecule has 0 aromatic heterocycles. The summed E-state index contributed by atoms with van der Waals surface area (Å²) in [4.78, 5) is 12.1. The van der Waals surface area contributed by atoms with Gasteiger partial charge in [0.15, 0.2) is 0 Å². The molecule has 1 atom stereocenters. The first kappa shape index (κ1) is 14.1. The number of benzene rings is 2. The van der Waals surface area contributed by atoms with E-state index < -0.39 is 0 Å². The highest BCUT2D eigenvalue weighted by molar-refractivity contribution is 9.10. The average Bonchev–Trinajstić information content (AvgIpc) is 2.80. The van der Waals surface area contributed by atoms with Crippen molar-refractivity contribution in [2.75, 3.05) is 12.4 Å². The quantitative estimate of drug-likeness (QED) is 0.893. The zero-order chi connectivity index (χ0) is 14.8. The molecular formula is C16H15BrN2O2. The summed E-state index contributed by atoms with van der Waals surface area (Å²) in [7, 11) is 1.64. The first-order valence-electron chi connectivity index (χ1n) is 6.64. The minimum Gasteiger partial charge on any atom is -0.497 e. The van der Waals surface area contributed by atoms with Crippen molar-refractivity contribution >= 4 is 27.5 Å². The molecule has 3 rings (SSSR count). The van der Waals surface area contributed by atoms with Crippen LogP contribution in [0.25, 0.3) is 0 Å². The predicted molar refractivity (Wildman–Crippen MR) is 85.3 cm³/mol. The van der Waals surface area contributed by atoms with Crippen LogP contribution in [-0.2, 0) is 11.3 Å². The van der Waals surface area contributed by atoms with Gasteiger partial charge in [0.25, 0.3) is 0 Å². The minimum absolute atomic E-state index is 0.0170. The molecule has 1 heterocycles. The van der Waals surface area contributed by atoms with Crippen molar-refractivity contribution in [2.24, 2.45) is 0 Å². The molecule has 4 nitrogen and oxygen atoms in total. The van der Waals surface area contributed by atoms with E-state index in [0.717, 1.165) is 27.0 Å². The monoisotopic (exact) mass is 346 g/mol. The number of methoxy groups -OCH3 is 1. The Labute approximate surface area is 131 Å². The second-order valence-electron chi connectivity index (χ2n) is 4.88. The number of ether oxygens (including phenoxy) is 1. The largest absolute Gasteiger partial charge is 0.497 e. The van der Waals surface area contributed by atoms with Gasteiger partial charge >= 0.3 is 0 Å². The molecular weight excluding hydrogens is 332 g/mol. The fourth-order valence-corrected chi connectivity index (χ4v) is 2.78. The lowest BCUT2D eigenvalue weighted by atomic mass is 10.1. The number of rotatable bonds is 4. The molecule has 21 heavy (non-hydrogen) atoms. The molecule has 0 aliphatic carbocycles. The number of carbonyl (C=O) groups excluding carboxylic acids is 1. The van der Waals surface area contributed by atoms with Crippen LogP contribution in [0, 0.1) is 0 Å². The maximum atomic E-state index is 12.1. The Morgan fingerprint density at radius 2 is 2.00 bits per heavy atom. The van der Waals surface area contributed by atoms with Gasteiger partial charge in [0.05, 0.1) is 7.11 Å². The summed E-state index contributed by atoms with van der Waals surface area (Å²) in [5, 5.41) is 6.18. The molecule has 0 saturated carbocycles. The summed E-state index contributed by atoms with van der Waals surface area (Å²) in [5.41, 5.74) is 2.95. The Morgan fingerprint density at radius 3 is 2.71 bits per heavy atom. The molecule has 5 heteroatoms. The SMILES string of the molecule is COc1ccc(CNC2C(=O)Nc3ccc(Br)cc32)cc1. The van der Waals surface area contributed by atoms with Gasteiger partial charge in [0.2, 0.25) is 5.91 Å². The first-order valence-corrected chi connectivity index (χ1v) is 7.43. The van der Waals surface area contributed by atoms with Gasteiger partial charge < -0.3 is 10.1 Å². The van der Waals surface area contributed by atoms with Crippen LogP contribution >= 0.6 is 15.9 Å². The maximum Gasteiger partial charge on any atom is 0.246 e. The lowest BCUT2D eigenvalue weighted by Crippen LogP contribution is -2.27. The van der Waals surface area contributed by atoms with E-state index in [0.29, 0.717) is 6.54 Å². The van der Waals surface area contributed by atoms with Crippen LogP contribution < -0.4 is 15.4 Å². The van der Waals surface area contributed by atoms with Crippen molar-refractivity contribution in [2.45, 2.75) is 12.6 Å². The molecule has 2 N–H and O–H groups in total. The second-order valence-corrected chi connectivity index (χ2v) is 5.80. The van der Waals surface area contributed by atoms with Crippen LogP contribution in [0.5, 0.6) is 5.75 Å². The Morgan fingerprint density at radius 1 is 1.24 bits per heavy atom. The van der Waals surface area contributed by atoms with Gasteiger partial charge in [0, 0.05) is 22.3 Å². The van der Waals surface area contributed by atoms with Gasteiger partial charge in [-0.15, -0.1) is 0 Å². The summed E-state index contributed by atoms with van der Waals surface area (Å²) in [5.74, 6) is 0.809. The Kier molecular flexibility index (Phi) is 3.94. The molecule has 1 unspecified atom stereocenters. The normalized spacial score (nSPS) is 16.5. The van der Waals surface area contributed by atoms with Crippen molar-refractivity contribution < 1.29 is 9.53 Å². The van der Waals surface area contributed by atoms with E-state index in [1.807, 2.05) is 42.5 Å². The van der Waals surface area contributed by atoms with Crippen LogP contribution in [-0.4, -0.2) is 13.0 Å². The molecule has 0 bridgehead atoms. The molecule has 1 aliphatic rings. The molecule has 1 aliphatic heterocycles. The summed E-state index contributed by atoms with van der Waals surface area (Å²) in [6, 6.07) is 13.3. The molecule has 1 amide bonds. The number of hydrogen-bond acceptors (Lipinski definition) is 3. The fraction of sp³-hybridized carbons (Fsp3) is 0.188. The van der Waals surface area contributed by atoms with Crippen molar-refractivity contribution in [3.05, 3.63) is 58.1 Å². The fourth-order valence-electron chi connectivity index (χ4n) is 2.40. The van der Waals surface area contributed by atoms with Gasteiger partial charge in [0.1, 0.15) is 11.8 Å². The van der Waals surface area contributed by atoms with Crippen LogP contribution in [0.3, 0.4) is 0 Å². The summed E-state index contributed by atoms with van der Waals surface area (Å²) in [6.45, 7) is 0.619. The third-order valence-corrected chi connectivity index (χ3v) is 4.01. The van der Waals surface area contributed by atoms with Crippen LogP contribution in [0.2, 0.25) is 0 Å². The van der Waals surface area contributed by atoms with Gasteiger partial charge in [-0.1, -0.05) is 28.1 Å². The summed E-state index contributed by atoms with van der Waals surface area (Å²) >= 11 is 3.44. The van der Waals surface area contributed by atoms with E-state index >= 15 is 0 Å². The van der Waals surface area contributed by atoms with Crippen molar-refractivity contribution in [3.63, 3.8) is 0 Å². The summed E-state index contributed by atoms with van der Waals surface area (Å²) in [6.07, 6.45) is 0. The van der Waals surface area contributed by atoms with Gasteiger partial charge in [-0.3, -0.25) is 10.1 Å². The molecule has 0 saturated heterocycles. The van der Waals surface area contributed by atoms with Gasteiger partial charge in [-0.05, 0) is 35.9 Å². The van der Waals surface area contributed by atoms with E-state index in [1.54, 1.807) is 7.11 Å². The maximum absolute atomic E-state index is 12.1. The van der Waals surface area contributed by atoms with Crippen LogP contribution in [0.1, 0.15) is 17.2 Å². The number of hydrogen-bond donors (Lipinski definition) is 2. The van der Waals surface area contributed by atoms with E-state index in [1.165, 1.54) is 0 Å². The van der Waals surface area contributed by atoms with E-state index in [2.05, 4.69) is 26.6 Å². The van der Waals surface area contributed by atoms with Crippen molar-refractivity contribution in [1.82, 2.24) is 5.32 Å². The summed E-state index contributed by atoms with van der Waals surface area (Å²) < 4.78 is 6.10. The Balaban J connectivity index is 1.73. The molecule has 0 fully saturated rings. The van der Waals surface area contributed by atoms with Crippen LogP contribution in [0.15, 0.2) is 46.9 Å². The van der Waals surface area contributed by atoms with Crippen molar-refractivity contribution in [3.8, 4) is 5.75 Å². The minimum atomic E-state index is -0.320. The first-order chi connectivity index (χ1) is 10.2. The molecule has 2 aromatic carbocycles. The number of halogens is 1. The zero-order valence-electron chi connectivity index (χ0n) is 11.5. The second kappa shape index (κ2) is 5.87. The van der Waals surface area contributed by atoms with Crippen molar-refractivity contribution in [1.29, 1.82) is 0 Å². The number of carbonyl (C=O) groups is 1. The standard InChI is InChI=1S/C16H15BrN2O2/c1-21-12-5-2-10(3-6-12)9-18-15-13-8-11(17)4-7-14(13)19-16(15)20/h2-8,15,18H,9H2,1H3,(H,19,20). The highest BCUT2D eigenvalue weighted by Crippen LogP contribution is 2.33. The van der Waals surface area contributed by atoms with E-state index in [4.69, 9.17) is 4.74 Å². The predicted octanol–water partition coefficient (Wildman–Crippen LogP) is 3.24. The highest BCUT2D eigenvalue weighted by Gasteiger charge is 2.29. The third kappa shape index (κ3) is 2.94. The van der Waals surface area contributed by atoms with Gasteiger partial charge in [-0.25, -0.2) is 0 Å². The molecule has 108 valence electrons. The zero-order valence-corrected chi connectivity index (χ0v) is 13.1. The van der Waals surface area contributed by atoms with Gasteiger partial charge in [-0.2, -0.15) is 0 Å². The smallest absolute Gasteiger partial charge is 0.246 e. The number of nitrogens with one attached hydrogen (secondary N) is 2. The molecule has 0 radical (unpaired) electrons. The van der Waals surface area contributed by atoms with E-state index in [-0.39, 0.29) is 11.9 Å². The van der Waals surface area contributed by atoms with Crippen LogP contribution in [0.4, 0.5) is 5.69 Å². The third-order valence-electron chi connectivity index (χ3n) is 3.51. The lowest BCUT2D eigenvalue weighted by molar-refractivity contribution is -0.117. The van der Waals surface area contributed by atoms with E-state index in [9.17, 15) is 4.79 Å². The number of anilines is 1. The topological polar surface area (TPSA) is 50.4 Å². The number of fused-ring (bicyclic) bond motifs is 1. The lowest BCUT2D eigenvalue weighted by Gasteiger charge is -2.12. The average molecular weight is 347 g/mol. The molecule has 0 spiro atoms.